The molecule has 182 valence electrons. The van der Waals surface area contributed by atoms with Crippen molar-refractivity contribution in [1.82, 2.24) is 10.2 Å². The van der Waals surface area contributed by atoms with E-state index in [9.17, 15) is 4.79 Å². The molecule has 0 aromatic heterocycles. The normalized spacial score (nSPS) is 26.9. The predicted molar refractivity (Wildman–Crippen MR) is 132 cm³/mol. The van der Waals surface area contributed by atoms with Crippen LogP contribution in [-0.2, 0) is 11.2 Å². The van der Waals surface area contributed by atoms with E-state index in [1.807, 2.05) is 18.2 Å². The fraction of sp³-hybridized carbons (Fsp3) is 0.536. The number of rotatable bonds is 5. The molecule has 1 aliphatic carbocycles. The fourth-order valence-electron chi connectivity index (χ4n) is 5.94. The first-order valence-electron chi connectivity index (χ1n) is 12.4. The van der Waals surface area contributed by atoms with Gasteiger partial charge in [0.1, 0.15) is 17.6 Å². The third-order valence-corrected chi connectivity index (χ3v) is 8.11. The summed E-state index contributed by atoms with van der Waals surface area (Å²) in [4.78, 5) is 15.4. The lowest BCUT2D eigenvalue weighted by Crippen LogP contribution is -2.53. The van der Waals surface area contributed by atoms with Gasteiger partial charge in [-0.05, 0) is 78.9 Å². The third-order valence-electron chi connectivity index (χ3n) is 8.11. The zero-order valence-corrected chi connectivity index (χ0v) is 20.7. The first kappa shape index (κ1) is 23.0. The molecule has 4 aliphatic rings. The molecule has 6 nitrogen and oxygen atoms in total. The van der Waals surface area contributed by atoms with Gasteiger partial charge in [-0.25, -0.2) is 4.79 Å². The maximum atomic E-state index is 13.0. The number of ether oxygens (including phenoxy) is 3. The van der Waals surface area contributed by atoms with Crippen LogP contribution in [0.25, 0.3) is 11.1 Å². The van der Waals surface area contributed by atoms with E-state index >= 15 is 0 Å². The summed E-state index contributed by atoms with van der Waals surface area (Å²) in [6.45, 7) is 7.61. The van der Waals surface area contributed by atoms with E-state index < -0.39 is 0 Å². The van der Waals surface area contributed by atoms with Crippen LogP contribution >= 0.6 is 0 Å². The van der Waals surface area contributed by atoms with Gasteiger partial charge in [-0.3, -0.25) is 4.90 Å². The molecular weight excluding hydrogens is 428 g/mol. The van der Waals surface area contributed by atoms with Crippen molar-refractivity contribution in [3.8, 4) is 22.6 Å². The Balaban J connectivity index is 1.37. The van der Waals surface area contributed by atoms with Crippen LogP contribution in [0.5, 0.6) is 11.5 Å². The van der Waals surface area contributed by atoms with E-state index in [1.165, 1.54) is 11.1 Å². The molecule has 0 radical (unpaired) electrons. The lowest BCUT2D eigenvalue weighted by molar-refractivity contribution is -0.0353. The van der Waals surface area contributed by atoms with Crippen LogP contribution in [0.15, 0.2) is 36.4 Å². The van der Waals surface area contributed by atoms with Gasteiger partial charge in [0.25, 0.3) is 0 Å². The lowest BCUT2D eigenvalue weighted by Gasteiger charge is -2.44. The van der Waals surface area contributed by atoms with Crippen molar-refractivity contribution in [2.24, 2.45) is 11.3 Å². The molecule has 2 bridgehead atoms. The number of carbonyl (C=O) groups excluding carboxylic acids is 1. The summed E-state index contributed by atoms with van der Waals surface area (Å²) in [6.07, 6.45) is 3.96. The second kappa shape index (κ2) is 9.14. The zero-order chi connectivity index (χ0) is 23.9. The molecule has 3 saturated heterocycles. The van der Waals surface area contributed by atoms with E-state index in [0.717, 1.165) is 67.9 Å². The van der Waals surface area contributed by atoms with Crippen LogP contribution in [0.3, 0.4) is 0 Å². The summed E-state index contributed by atoms with van der Waals surface area (Å²) >= 11 is 0. The van der Waals surface area contributed by atoms with E-state index in [-0.39, 0.29) is 23.7 Å². The molecule has 6 rings (SSSR count). The minimum absolute atomic E-state index is 0.0126. The number of methoxy groups -OCH3 is 2. The molecule has 34 heavy (non-hydrogen) atoms. The van der Waals surface area contributed by atoms with Crippen molar-refractivity contribution in [1.29, 1.82) is 0 Å². The molecule has 2 aromatic carbocycles. The number of carbonyl (C=O) groups is 1. The van der Waals surface area contributed by atoms with Gasteiger partial charge in [-0.1, -0.05) is 32.0 Å². The number of fused-ring (bicyclic) bond motifs is 4. The van der Waals surface area contributed by atoms with Gasteiger partial charge in [0.15, 0.2) is 0 Å². The molecular formula is C28H36N2O4. The minimum Gasteiger partial charge on any atom is -0.497 e. The molecule has 0 spiro atoms. The van der Waals surface area contributed by atoms with Crippen LogP contribution in [0.2, 0.25) is 0 Å². The van der Waals surface area contributed by atoms with Crippen molar-refractivity contribution >= 4 is 6.09 Å². The van der Waals surface area contributed by atoms with Crippen molar-refractivity contribution in [2.75, 3.05) is 33.9 Å². The lowest BCUT2D eigenvalue weighted by atomic mass is 9.70. The highest BCUT2D eigenvalue weighted by molar-refractivity contribution is 5.73. The smallest absolute Gasteiger partial charge is 0.407 e. The number of hydrogen-bond donors (Lipinski definition) is 1. The highest BCUT2D eigenvalue weighted by atomic mass is 16.6. The van der Waals surface area contributed by atoms with Gasteiger partial charge in [-0.2, -0.15) is 0 Å². The number of amides is 1. The molecule has 1 unspecified atom stereocenters. The Bertz CT molecular complexity index is 1060. The first-order chi connectivity index (χ1) is 16.4. The molecule has 3 heterocycles. The molecule has 2 atom stereocenters. The van der Waals surface area contributed by atoms with Gasteiger partial charge < -0.3 is 19.5 Å². The number of hydrogen-bond acceptors (Lipinski definition) is 5. The molecule has 6 heteroatoms. The van der Waals surface area contributed by atoms with Crippen molar-refractivity contribution in [2.45, 2.75) is 51.7 Å². The van der Waals surface area contributed by atoms with E-state index in [1.54, 1.807) is 14.2 Å². The first-order valence-corrected chi connectivity index (χ1v) is 12.4. The Morgan fingerprint density at radius 3 is 2.53 bits per heavy atom. The Kier molecular flexibility index (Phi) is 6.19. The Morgan fingerprint density at radius 1 is 1.06 bits per heavy atom. The SMILES string of the molecule is COc1ccc(-c2ccc3c(c2)CCC(C)(C)C3NC(=O)O[C@H]2CN3CCC2CC3)c(OC)c1. The van der Waals surface area contributed by atoms with Crippen molar-refractivity contribution < 1.29 is 19.0 Å². The largest absolute Gasteiger partial charge is 0.497 e. The second-order valence-corrected chi connectivity index (χ2v) is 10.6. The highest BCUT2D eigenvalue weighted by Crippen LogP contribution is 2.45. The van der Waals surface area contributed by atoms with Crippen LogP contribution in [0.4, 0.5) is 4.79 Å². The summed E-state index contributed by atoms with van der Waals surface area (Å²) < 4.78 is 16.9. The van der Waals surface area contributed by atoms with E-state index in [4.69, 9.17) is 14.2 Å². The van der Waals surface area contributed by atoms with Crippen LogP contribution < -0.4 is 14.8 Å². The minimum atomic E-state index is -0.287. The number of benzene rings is 2. The molecule has 2 aromatic rings. The average Bonchev–Trinajstić information content (AvgIpc) is 2.86. The van der Waals surface area contributed by atoms with Crippen molar-refractivity contribution in [3.63, 3.8) is 0 Å². The monoisotopic (exact) mass is 464 g/mol. The number of alkyl carbamates (subject to hydrolysis) is 1. The van der Waals surface area contributed by atoms with Crippen molar-refractivity contribution in [3.05, 3.63) is 47.5 Å². The maximum Gasteiger partial charge on any atom is 0.407 e. The standard InChI is InChI=1S/C28H36N2O4/c1-28(2)12-9-20-15-19(22-8-6-21(32-3)16-24(22)33-4)5-7-23(20)26(28)29-27(31)34-25-17-30-13-10-18(25)11-14-30/h5-8,15-16,18,25-26H,9-14,17H2,1-4H3,(H,29,31)/t25-,26?/m0/s1. The second-order valence-electron chi connectivity index (χ2n) is 10.6. The quantitative estimate of drug-likeness (QED) is 0.659. The molecule has 3 aliphatic heterocycles. The summed E-state index contributed by atoms with van der Waals surface area (Å²) in [6, 6.07) is 12.3. The molecule has 3 fully saturated rings. The number of nitrogens with one attached hydrogen (secondary N) is 1. The summed E-state index contributed by atoms with van der Waals surface area (Å²) in [5.74, 6) is 2.06. The van der Waals surface area contributed by atoms with E-state index in [2.05, 4.69) is 42.3 Å². The van der Waals surface area contributed by atoms with E-state index in [0.29, 0.717) is 5.92 Å². The zero-order valence-electron chi connectivity index (χ0n) is 20.7. The molecule has 1 amide bonds. The predicted octanol–water partition coefficient (Wildman–Crippen LogP) is 5.20. The Morgan fingerprint density at radius 2 is 1.85 bits per heavy atom. The van der Waals surface area contributed by atoms with Gasteiger partial charge >= 0.3 is 6.09 Å². The highest BCUT2D eigenvalue weighted by Gasteiger charge is 2.40. The Labute approximate surface area is 202 Å². The average molecular weight is 465 g/mol. The summed E-state index contributed by atoms with van der Waals surface area (Å²) in [5, 5.41) is 3.25. The number of aryl methyl sites for hydroxylation is 1. The van der Waals surface area contributed by atoms with Crippen LogP contribution in [0.1, 0.15) is 50.3 Å². The summed E-state index contributed by atoms with van der Waals surface area (Å²) in [5.41, 5.74) is 4.52. The van der Waals surface area contributed by atoms with Crippen LogP contribution in [-0.4, -0.2) is 51.0 Å². The maximum absolute atomic E-state index is 13.0. The van der Waals surface area contributed by atoms with Gasteiger partial charge in [0.2, 0.25) is 0 Å². The number of piperidine rings is 3. The molecule has 1 N–H and O–H groups in total. The number of nitrogens with zero attached hydrogens (tertiary/aromatic N) is 1. The fourth-order valence-corrected chi connectivity index (χ4v) is 5.94. The summed E-state index contributed by atoms with van der Waals surface area (Å²) in [7, 11) is 3.34. The van der Waals surface area contributed by atoms with Gasteiger partial charge in [0.05, 0.1) is 20.3 Å². The third kappa shape index (κ3) is 4.36. The Hall–Kier alpha value is -2.73. The van der Waals surface area contributed by atoms with Gasteiger partial charge in [0, 0.05) is 18.2 Å². The molecule has 0 saturated carbocycles. The van der Waals surface area contributed by atoms with Crippen LogP contribution in [0, 0.1) is 11.3 Å². The van der Waals surface area contributed by atoms with Gasteiger partial charge in [-0.15, -0.1) is 0 Å². The topological polar surface area (TPSA) is 60.0 Å².